The van der Waals surface area contributed by atoms with Crippen LogP contribution in [0.1, 0.15) is 26.7 Å². The Kier molecular flexibility index (Phi) is 7.02. The highest BCUT2D eigenvalue weighted by atomic mass is 32.2. The van der Waals surface area contributed by atoms with Gasteiger partial charge in [-0.25, -0.2) is 9.78 Å². The van der Waals surface area contributed by atoms with Crippen LogP contribution in [-0.2, 0) is 9.53 Å². The summed E-state index contributed by atoms with van der Waals surface area (Å²) < 4.78 is 9.99. The number of rotatable bonds is 8. The first-order valence-corrected chi connectivity index (χ1v) is 7.20. The van der Waals surface area contributed by atoms with E-state index in [-0.39, 0.29) is 6.61 Å². The van der Waals surface area contributed by atoms with Crippen molar-refractivity contribution in [3.8, 4) is 5.88 Å². The number of nitrogens with zero attached hydrogens (tertiary/aromatic N) is 2. The number of ether oxygens (including phenoxy) is 2. The Balaban J connectivity index is 2.55. The van der Waals surface area contributed by atoms with E-state index in [1.165, 1.54) is 17.8 Å². The fraction of sp³-hybridized carbons (Fsp3) is 0.583. The minimum atomic E-state index is -0.431. The molecule has 2 N–H and O–H groups in total. The van der Waals surface area contributed by atoms with Crippen molar-refractivity contribution in [2.75, 3.05) is 24.7 Å². The summed E-state index contributed by atoms with van der Waals surface area (Å²) in [7, 11) is 0. The summed E-state index contributed by atoms with van der Waals surface area (Å²) >= 11 is 1.52. The molecule has 19 heavy (non-hydrogen) atoms. The molecule has 0 aliphatic carbocycles. The zero-order valence-corrected chi connectivity index (χ0v) is 12.0. The number of nitrogens with two attached hydrogens (primary N) is 1. The quantitative estimate of drug-likeness (QED) is 0.338. The van der Waals surface area contributed by atoms with Gasteiger partial charge in [-0.15, -0.1) is 0 Å². The van der Waals surface area contributed by atoms with Crippen LogP contribution in [-0.4, -0.2) is 34.9 Å². The molecular weight excluding hydrogens is 266 g/mol. The van der Waals surface area contributed by atoms with Crippen molar-refractivity contribution in [1.29, 1.82) is 0 Å². The number of unbranched alkanes of at least 4 members (excludes halogenated alkanes) is 1. The van der Waals surface area contributed by atoms with Crippen molar-refractivity contribution in [2.45, 2.75) is 31.8 Å². The smallest absolute Gasteiger partial charge is 0.344 e. The Morgan fingerprint density at radius 2 is 2.21 bits per heavy atom. The van der Waals surface area contributed by atoms with Gasteiger partial charge in [-0.3, -0.25) is 0 Å². The average molecular weight is 285 g/mol. The summed E-state index contributed by atoms with van der Waals surface area (Å²) in [5.74, 6) is 1.12. The lowest BCUT2D eigenvalue weighted by molar-refractivity contribution is -0.145. The van der Waals surface area contributed by atoms with Gasteiger partial charge < -0.3 is 15.2 Å². The van der Waals surface area contributed by atoms with E-state index in [4.69, 9.17) is 15.2 Å². The predicted octanol–water partition coefficient (Wildman–Crippen LogP) is 1.89. The zero-order chi connectivity index (χ0) is 14.1. The first-order valence-electron chi connectivity index (χ1n) is 6.21. The predicted molar refractivity (Wildman–Crippen MR) is 74.2 cm³/mol. The summed E-state index contributed by atoms with van der Waals surface area (Å²) in [6.07, 6.45) is 2.20. The normalized spacial score (nSPS) is 10.2. The zero-order valence-electron chi connectivity index (χ0n) is 11.2. The molecule has 0 saturated carbocycles. The summed E-state index contributed by atoms with van der Waals surface area (Å²) in [5.41, 5.74) is 5.67. The Morgan fingerprint density at radius 1 is 1.42 bits per heavy atom. The van der Waals surface area contributed by atoms with Gasteiger partial charge in [0.15, 0.2) is 11.8 Å². The molecule has 0 aromatic carbocycles. The van der Waals surface area contributed by atoms with Crippen LogP contribution < -0.4 is 10.5 Å². The number of carbonyl (C=O) groups is 1. The number of nitrogen functional groups attached to an aromatic ring is 1. The summed E-state index contributed by atoms with van der Waals surface area (Å²) in [5, 5.41) is 0.562. The minimum Gasteiger partial charge on any atom is -0.465 e. The van der Waals surface area contributed by atoms with Crippen molar-refractivity contribution in [3.05, 3.63) is 6.07 Å². The van der Waals surface area contributed by atoms with Gasteiger partial charge in [-0.2, -0.15) is 4.98 Å². The van der Waals surface area contributed by atoms with Crippen LogP contribution in [0.3, 0.4) is 0 Å². The number of hydrogen-bond acceptors (Lipinski definition) is 7. The van der Waals surface area contributed by atoms with E-state index in [0.717, 1.165) is 18.6 Å². The van der Waals surface area contributed by atoms with Crippen LogP contribution >= 0.6 is 11.8 Å². The molecule has 0 atom stereocenters. The van der Waals surface area contributed by atoms with Crippen LogP contribution in [0.25, 0.3) is 0 Å². The van der Waals surface area contributed by atoms with Crippen LogP contribution in [0.15, 0.2) is 11.2 Å². The SMILES string of the molecule is CCCCSc1nc(N)cc(OCC(=O)OCC)n1. The van der Waals surface area contributed by atoms with Crippen LogP contribution in [0.4, 0.5) is 5.82 Å². The van der Waals surface area contributed by atoms with E-state index in [1.807, 2.05) is 0 Å². The highest BCUT2D eigenvalue weighted by molar-refractivity contribution is 7.99. The molecule has 1 rings (SSSR count). The summed E-state index contributed by atoms with van der Waals surface area (Å²) in [4.78, 5) is 19.5. The maximum absolute atomic E-state index is 11.2. The molecule has 1 aromatic heterocycles. The molecule has 0 bridgehead atoms. The number of esters is 1. The molecule has 0 amide bonds. The monoisotopic (exact) mass is 285 g/mol. The van der Waals surface area contributed by atoms with E-state index in [0.29, 0.717) is 23.5 Å². The third kappa shape index (κ3) is 6.28. The van der Waals surface area contributed by atoms with Gasteiger partial charge in [0.2, 0.25) is 5.88 Å². The van der Waals surface area contributed by atoms with Crippen LogP contribution in [0, 0.1) is 0 Å². The largest absolute Gasteiger partial charge is 0.465 e. The second-order valence-electron chi connectivity index (χ2n) is 3.71. The number of aromatic nitrogens is 2. The molecule has 7 heteroatoms. The first-order chi connectivity index (χ1) is 9.15. The second kappa shape index (κ2) is 8.58. The Bertz CT molecular complexity index is 415. The first kappa shape index (κ1) is 15.6. The maximum Gasteiger partial charge on any atom is 0.344 e. The van der Waals surface area contributed by atoms with Crippen molar-refractivity contribution >= 4 is 23.5 Å². The van der Waals surface area contributed by atoms with Gasteiger partial charge in [0, 0.05) is 11.8 Å². The maximum atomic E-state index is 11.2. The average Bonchev–Trinajstić information content (AvgIpc) is 2.37. The van der Waals surface area contributed by atoms with Gasteiger partial charge in [-0.1, -0.05) is 25.1 Å². The van der Waals surface area contributed by atoms with Crippen molar-refractivity contribution in [1.82, 2.24) is 9.97 Å². The van der Waals surface area contributed by atoms with Crippen LogP contribution in [0.2, 0.25) is 0 Å². The molecule has 0 radical (unpaired) electrons. The molecule has 106 valence electrons. The number of anilines is 1. The highest BCUT2D eigenvalue weighted by Crippen LogP contribution is 2.20. The van der Waals surface area contributed by atoms with Gasteiger partial charge in [0.25, 0.3) is 0 Å². The van der Waals surface area contributed by atoms with Crippen molar-refractivity contribution in [3.63, 3.8) is 0 Å². The van der Waals surface area contributed by atoms with Gasteiger partial charge in [0.05, 0.1) is 6.61 Å². The van der Waals surface area contributed by atoms with E-state index in [1.54, 1.807) is 6.92 Å². The molecule has 0 fully saturated rings. The van der Waals surface area contributed by atoms with Crippen LogP contribution in [0.5, 0.6) is 5.88 Å². The van der Waals surface area contributed by atoms with E-state index in [2.05, 4.69) is 16.9 Å². The fourth-order valence-corrected chi connectivity index (χ4v) is 2.14. The third-order valence-electron chi connectivity index (χ3n) is 2.07. The molecule has 0 unspecified atom stereocenters. The second-order valence-corrected chi connectivity index (χ2v) is 4.77. The Labute approximate surface area is 117 Å². The van der Waals surface area contributed by atoms with Crippen molar-refractivity contribution in [2.24, 2.45) is 0 Å². The van der Waals surface area contributed by atoms with E-state index >= 15 is 0 Å². The van der Waals surface area contributed by atoms with E-state index < -0.39 is 5.97 Å². The molecular formula is C12H19N3O3S. The molecule has 0 aliphatic heterocycles. The molecule has 1 aromatic rings. The molecule has 0 saturated heterocycles. The summed E-state index contributed by atoms with van der Waals surface area (Å²) in [6.45, 7) is 4.01. The fourth-order valence-electron chi connectivity index (χ4n) is 1.20. The lowest BCUT2D eigenvalue weighted by atomic mass is 10.4. The Morgan fingerprint density at radius 3 is 2.89 bits per heavy atom. The van der Waals surface area contributed by atoms with E-state index in [9.17, 15) is 4.79 Å². The third-order valence-corrected chi connectivity index (χ3v) is 3.01. The number of carbonyl (C=O) groups excluding carboxylic acids is 1. The highest BCUT2D eigenvalue weighted by Gasteiger charge is 2.07. The summed E-state index contributed by atoms with van der Waals surface area (Å²) in [6, 6.07) is 1.49. The molecule has 6 nitrogen and oxygen atoms in total. The van der Waals surface area contributed by atoms with Crippen molar-refractivity contribution < 1.29 is 14.3 Å². The Hall–Kier alpha value is -1.50. The number of thioether (sulfide) groups is 1. The molecule has 0 spiro atoms. The van der Waals surface area contributed by atoms with Gasteiger partial charge in [0.1, 0.15) is 5.82 Å². The van der Waals surface area contributed by atoms with Gasteiger partial charge in [-0.05, 0) is 13.3 Å². The standard InChI is InChI=1S/C12H19N3O3S/c1-3-5-6-19-12-14-9(13)7-10(15-12)18-8-11(16)17-4-2/h7H,3-6,8H2,1-2H3,(H2,13,14,15). The minimum absolute atomic E-state index is 0.177. The topological polar surface area (TPSA) is 87.3 Å². The molecule has 0 aliphatic rings. The number of hydrogen-bond donors (Lipinski definition) is 1. The van der Waals surface area contributed by atoms with Gasteiger partial charge >= 0.3 is 5.97 Å². The lowest BCUT2D eigenvalue weighted by Crippen LogP contribution is -2.15. The molecule has 1 heterocycles. The lowest BCUT2D eigenvalue weighted by Gasteiger charge is -2.07.